The summed E-state index contributed by atoms with van der Waals surface area (Å²) in [6, 6.07) is 2.05. The highest BCUT2D eigenvalue weighted by molar-refractivity contribution is 9.10. The third-order valence-corrected chi connectivity index (χ3v) is 4.20. The van der Waals surface area contributed by atoms with Crippen LogP contribution in [0.5, 0.6) is 0 Å². The quantitative estimate of drug-likeness (QED) is 0.850. The molecule has 0 aliphatic carbocycles. The van der Waals surface area contributed by atoms with Crippen LogP contribution in [0.1, 0.15) is 23.9 Å². The van der Waals surface area contributed by atoms with Crippen LogP contribution < -0.4 is 5.32 Å². The second kappa shape index (κ2) is 6.41. The summed E-state index contributed by atoms with van der Waals surface area (Å²) in [4.78, 5) is 10.1. The Labute approximate surface area is 120 Å². The number of rotatable bonds is 5. The molecule has 2 aromatic rings. The fraction of sp³-hybridized carbons (Fsp3) is 0.385. The Morgan fingerprint density at radius 2 is 2.22 bits per heavy atom. The molecule has 0 bridgehead atoms. The van der Waals surface area contributed by atoms with Gasteiger partial charge < -0.3 is 5.32 Å². The number of aryl methyl sites for hydroxylation is 1. The Hall–Kier alpha value is -0.780. The average Bonchev–Trinajstić information content (AvgIpc) is 2.72. The normalized spacial score (nSPS) is 10.8. The van der Waals surface area contributed by atoms with Gasteiger partial charge in [-0.2, -0.15) is 0 Å². The Bertz CT molecular complexity index is 525. The van der Waals surface area contributed by atoms with Crippen molar-refractivity contribution in [3.05, 3.63) is 33.5 Å². The molecule has 0 aliphatic heterocycles. The molecule has 0 unspecified atom stereocenters. The highest BCUT2D eigenvalue weighted by atomic mass is 79.9. The van der Waals surface area contributed by atoms with Crippen molar-refractivity contribution in [1.29, 1.82) is 0 Å². The van der Waals surface area contributed by atoms with E-state index in [4.69, 9.17) is 0 Å². The highest BCUT2D eigenvalue weighted by Gasteiger charge is 2.09. The Morgan fingerprint density at radius 3 is 2.94 bits per heavy atom. The van der Waals surface area contributed by atoms with E-state index in [1.165, 1.54) is 4.88 Å². The van der Waals surface area contributed by atoms with Crippen molar-refractivity contribution in [2.45, 2.75) is 26.8 Å². The summed E-state index contributed by atoms with van der Waals surface area (Å²) in [5, 5.41) is 4.45. The number of nitrogens with zero attached hydrogens (tertiary/aromatic N) is 2. The van der Waals surface area contributed by atoms with Crippen molar-refractivity contribution in [3.63, 3.8) is 0 Å². The molecule has 96 valence electrons. The molecular weight excluding hydrogens is 310 g/mol. The van der Waals surface area contributed by atoms with E-state index in [0.29, 0.717) is 0 Å². The molecule has 0 radical (unpaired) electrons. The molecule has 5 heteroatoms. The second-order valence-corrected chi connectivity index (χ2v) is 6.10. The third-order valence-electron chi connectivity index (χ3n) is 2.56. The van der Waals surface area contributed by atoms with Crippen molar-refractivity contribution in [2.75, 3.05) is 6.54 Å². The van der Waals surface area contributed by atoms with E-state index >= 15 is 0 Å². The van der Waals surface area contributed by atoms with E-state index < -0.39 is 0 Å². The fourth-order valence-electron chi connectivity index (χ4n) is 1.62. The summed E-state index contributed by atoms with van der Waals surface area (Å²) >= 11 is 5.18. The Morgan fingerprint density at radius 1 is 1.39 bits per heavy atom. The van der Waals surface area contributed by atoms with Crippen molar-refractivity contribution in [1.82, 2.24) is 15.3 Å². The lowest BCUT2D eigenvalue weighted by Crippen LogP contribution is -2.13. The van der Waals surface area contributed by atoms with Gasteiger partial charge in [0.15, 0.2) is 0 Å². The molecule has 2 rings (SSSR count). The van der Waals surface area contributed by atoms with Gasteiger partial charge in [0.05, 0.1) is 5.69 Å². The minimum Gasteiger partial charge on any atom is -0.312 e. The lowest BCUT2D eigenvalue weighted by Gasteiger charge is -1.99. The van der Waals surface area contributed by atoms with Crippen molar-refractivity contribution >= 4 is 27.3 Å². The second-order valence-electron chi connectivity index (χ2n) is 4.10. The molecule has 0 aromatic carbocycles. The molecule has 2 aromatic heterocycles. The first-order valence-electron chi connectivity index (χ1n) is 5.98. The van der Waals surface area contributed by atoms with Gasteiger partial charge in [-0.05, 0) is 41.9 Å². The van der Waals surface area contributed by atoms with Crippen LogP contribution in [-0.4, -0.2) is 16.5 Å². The average molecular weight is 326 g/mol. The summed E-state index contributed by atoms with van der Waals surface area (Å²) in [6.45, 7) is 6.18. The predicted octanol–water partition coefficient (Wildman–Crippen LogP) is 3.78. The zero-order valence-electron chi connectivity index (χ0n) is 10.5. The van der Waals surface area contributed by atoms with E-state index in [0.717, 1.165) is 40.2 Å². The molecular formula is C13H16BrN3S. The number of halogens is 1. The largest absolute Gasteiger partial charge is 0.312 e. The minimum absolute atomic E-state index is 0.902. The van der Waals surface area contributed by atoms with Crippen LogP contribution in [0.2, 0.25) is 0 Å². The van der Waals surface area contributed by atoms with E-state index in [1.54, 1.807) is 17.5 Å². The highest BCUT2D eigenvalue weighted by Crippen LogP contribution is 2.28. The topological polar surface area (TPSA) is 37.8 Å². The molecule has 0 fully saturated rings. The first kappa shape index (κ1) is 13.6. The number of nitrogens with one attached hydrogen (secondary N) is 1. The van der Waals surface area contributed by atoms with Gasteiger partial charge in [-0.15, -0.1) is 11.3 Å². The molecule has 0 saturated heterocycles. The summed E-state index contributed by atoms with van der Waals surface area (Å²) < 4.78 is 0.985. The van der Waals surface area contributed by atoms with Gasteiger partial charge in [0, 0.05) is 33.9 Å². The number of pyridine rings is 1. The minimum atomic E-state index is 0.902. The van der Waals surface area contributed by atoms with E-state index in [1.807, 2.05) is 6.20 Å². The summed E-state index contributed by atoms with van der Waals surface area (Å²) in [5.41, 5.74) is 2.18. The standard InChI is InChI=1S/C13H16BrN3S/c1-3-4-15-8-12-9(2)17-13(18-12)10-5-11(14)7-16-6-10/h5-7,15H,3-4,8H2,1-2H3. The summed E-state index contributed by atoms with van der Waals surface area (Å²) in [6.07, 6.45) is 4.79. The molecule has 0 aliphatic rings. The van der Waals surface area contributed by atoms with Crippen LogP contribution in [0, 0.1) is 6.92 Å². The van der Waals surface area contributed by atoms with Gasteiger partial charge in [0.1, 0.15) is 5.01 Å². The molecule has 1 N–H and O–H groups in total. The smallest absolute Gasteiger partial charge is 0.125 e. The van der Waals surface area contributed by atoms with Gasteiger partial charge in [-0.3, -0.25) is 4.98 Å². The van der Waals surface area contributed by atoms with E-state index in [9.17, 15) is 0 Å². The molecule has 2 heterocycles. The van der Waals surface area contributed by atoms with Crippen LogP contribution >= 0.6 is 27.3 Å². The molecule has 0 atom stereocenters. The first-order chi connectivity index (χ1) is 8.70. The predicted molar refractivity (Wildman–Crippen MR) is 79.8 cm³/mol. The van der Waals surface area contributed by atoms with Crippen LogP contribution in [0.15, 0.2) is 22.9 Å². The van der Waals surface area contributed by atoms with Crippen molar-refractivity contribution < 1.29 is 0 Å². The zero-order chi connectivity index (χ0) is 13.0. The monoisotopic (exact) mass is 325 g/mol. The first-order valence-corrected chi connectivity index (χ1v) is 7.59. The van der Waals surface area contributed by atoms with E-state index in [2.05, 4.69) is 51.1 Å². The van der Waals surface area contributed by atoms with Gasteiger partial charge in [-0.25, -0.2) is 4.98 Å². The maximum Gasteiger partial charge on any atom is 0.125 e. The summed E-state index contributed by atoms with van der Waals surface area (Å²) in [5.74, 6) is 0. The number of thiazole rings is 1. The van der Waals surface area contributed by atoms with Gasteiger partial charge in [0.2, 0.25) is 0 Å². The van der Waals surface area contributed by atoms with Crippen LogP contribution in [-0.2, 0) is 6.54 Å². The van der Waals surface area contributed by atoms with Crippen LogP contribution in [0.4, 0.5) is 0 Å². The Balaban J connectivity index is 2.18. The Kier molecular flexibility index (Phi) is 4.86. The molecule has 18 heavy (non-hydrogen) atoms. The van der Waals surface area contributed by atoms with Crippen molar-refractivity contribution in [3.8, 4) is 10.6 Å². The third kappa shape index (κ3) is 3.37. The van der Waals surface area contributed by atoms with Gasteiger partial charge in [0.25, 0.3) is 0 Å². The van der Waals surface area contributed by atoms with Gasteiger partial charge >= 0.3 is 0 Å². The fourth-order valence-corrected chi connectivity index (χ4v) is 3.00. The SMILES string of the molecule is CCCNCc1sc(-c2cncc(Br)c2)nc1C. The van der Waals surface area contributed by atoms with Crippen molar-refractivity contribution in [2.24, 2.45) is 0 Å². The molecule has 3 nitrogen and oxygen atoms in total. The summed E-state index contributed by atoms with van der Waals surface area (Å²) in [7, 11) is 0. The van der Waals surface area contributed by atoms with Crippen LogP contribution in [0.3, 0.4) is 0 Å². The number of hydrogen-bond acceptors (Lipinski definition) is 4. The maximum absolute atomic E-state index is 4.62. The molecule has 0 saturated carbocycles. The number of hydrogen-bond donors (Lipinski definition) is 1. The van der Waals surface area contributed by atoms with Crippen LogP contribution in [0.25, 0.3) is 10.6 Å². The van der Waals surface area contributed by atoms with E-state index in [-0.39, 0.29) is 0 Å². The maximum atomic E-state index is 4.62. The lowest BCUT2D eigenvalue weighted by molar-refractivity contribution is 0.678. The molecule has 0 amide bonds. The van der Waals surface area contributed by atoms with Gasteiger partial charge in [-0.1, -0.05) is 6.92 Å². The molecule has 0 spiro atoms. The zero-order valence-corrected chi connectivity index (χ0v) is 12.9. The lowest BCUT2D eigenvalue weighted by atomic mass is 10.3. The number of aromatic nitrogens is 2.